The number of nitrogen functional groups attached to an aromatic ring is 1. The molecule has 4 N–H and O–H groups in total. The predicted octanol–water partition coefficient (Wildman–Crippen LogP) is 2.30. The van der Waals surface area contributed by atoms with E-state index in [0.29, 0.717) is 22.9 Å². The SMILES string of the molecule is CCCNC(=O)c1sc(NC(C)C)c(OC)c1N. The molecule has 0 unspecified atom stereocenters. The van der Waals surface area contributed by atoms with Crippen molar-refractivity contribution in [3.8, 4) is 5.75 Å². The number of carbonyl (C=O) groups excluding carboxylic acids is 1. The predicted molar refractivity (Wildman–Crippen MR) is 76.7 cm³/mol. The van der Waals surface area contributed by atoms with Gasteiger partial charge in [-0.1, -0.05) is 6.92 Å². The number of methoxy groups -OCH3 is 1. The van der Waals surface area contributed by atoms with Crippen molar-refractivity contribution in [2.75, 3.05) is 24.7 Å². The Hall–Kier alpha value is -1.43. The Bertz CT molecular complexity index is 416. The first-order valence-corrected chi connectivity index (χ1v) is 6.83. The fourth-order valence-electron chi connectivity index (χ4n) is 1.48. The summed E-state index contributed by atoms with van der Waals surface area (Å²) in [5, 5.41) is 6.84. The number of carbonyl (C=O) groups is 1. The molecular formula is C12H21N3O2S. The molecule has 0 saturated carbocycles. The topological polar surface area (TPSA) is 76.4 Å². The van der Waals surface area contributed by atoms with Gasteiger partial charge in [0.25, 0.3) is 5.91 Å². The number of ether oxygens (including phenoxy) is 1. The van der Waals surface area contributed by atoms with Gasteiger partial charge in [0.15, 0.2) is 5.75 Å². The molecule has 1 rings (SSSR count). The molecule has 0 aromatic carbocycles. The molecule has 18 heavy (non-hydrogen) atoms. The summed E-state index contributed by atoms with van der Waals surface area (Å²) < 4.78 is 5.26. The monoisotopic (exact) mass is 271 g/mol. The molecule has 0 fully saturated rings. The zero-order chi connectivity index (χ0) is 13.7. The molecule has 0 spiro atoms. The number of hydrogen-bond acceptors (Lipinski definition) is 5. The average molecular weight is 271 g/mol. The molecular weight excluding hydrogens is 250 g/mol. The van der Waals surface area contributed by atoms with Crippen LogP contribution in [0.4, 0.5) is 10.7 Å². The van der Waals surface area contributed by atoms with Crippen LogP contribution >= 0.6 is 11.3 Å². The van der Waals surface area contributed by atoms with Gasteiger partial charge in [-0.2, -0.15) is 0 Å². The number of nitrogens with one attached hydrogen (secondary N) is 2. The number of nitrogens with two attached hydrogens (primary N) is 1. The number of thiophene rings is 1. The van der Waals surface area contributed by atoms with E-state index < -0.39 is 0 Å². The lowest BCUT2D eigenvalue weighted by atomic mass is 10.3. The van der Waals surface area contributed by atoms with Crippen molar-refractivity contribution in [3.63, 3.8) is 0 Å². The highest BCUT2D eigenvalue weighted by atomic mass is 32.1. The van der Waals surface area contributed by atoms with E-state index >= 15 is 0 Å². The van der Waals surface area contributed by atoms with Crippen LogP contribution in [0.25, 0.3) is 0 Å². The van der Waals surface area contributed by atoms with Crippen LogP contribution in [-0.2, 0) is 0 Å². The molecule has 6 heteroatoms. The molecule has 5 nitrogen and oxygen atoms in total. The standard InChI is InChI=1S/C12H21N3O2S/c1-5-6-14-11(16)10-8(13)9(17-4)12(18-10)15-7(2)3/h7,15H,5-6,13H2,1-4H3,(H,14,16). The van der Waals surface area contributed by atoms with Crippen LogP contribution in [0, 0.1) is 0 Å². The van der Waals surface area contributed by atoms with E-state index in [1.165, 1.54) is 11.3 Å². The van der Waals surface area contributed by atoms with Gasteiger partial charge in [0, 0.05) is 12.6 Å². The number of rotatable bonds is 6. The number of amides is 1. The summed E-state index contributed by atoms with van der Waals surface area (Å²) in [5.74, 6) is 0.407. The second-order valence-corrected chi connectivity index (χ2v) is 5.28. The Morgan fingerprint density at radius 1 is 1.50 bits per heavy atom. The molecule has 0 atom stereocenters. The second-order valence-electron chi connectivity index (χ2n) is 4.26. The lowest BCUT2D eigenvalue weighted by molar-refractivity contribution is 0.0958. The van der Waals surface area contributed by atoms with Crippen LogP contribution in [0.15, 0.2) is 0 Å². The van der Waals surface area contributed by atoms with Crippen LogP contribution < -0.4 is 21.1 Å². The van der Waals surface area contributed by atoms with E-state index in [4.69, 9.17) is 10.5 Å². The Morgan fingerprint density at radius 3 is 2.67 bits per heavy atom. The molecule has 1 aromatic rings. The van der Waals surface area contributed by atoms with E-state index in [0.717, 1.165) is 11.4 Å². The van der Waals surface area contributed by atoms with Crippen molar-refractivity contribution >= 4 is 27.9 Å². The number of anilines is 2. The molecule has 0 aliphatic carbocycles. The van der Waals surface area contributed by atoms with Gasteiger partial charge in [0.2, 0.25) is 0 Å². The first-order chi connectivity index (χ1) is 8.51. The third kappa shape index (κ3) is 3.29. The summed E-state index contributed by atoms with van der Waals surface area (Å²) in [4.78, 5) is 12.4. The quantitative estimate of drug-likeness (QED) is 0.742. The lowest BCUT2D eigenvalue weighted by Gasteiger charge is -2.09. The summed E-state index contributed by atoms with van der Waals surface area (Å²) >= 11 is 1.32. The highest BCUT2D eigenvalue weighted by Gasteiger charge is 2.21. The smallest absolute Gasteiger partial charge is 0.263 e. The highest BCUT2D eigenvalue weighted by Crippen LogP contribution is 2.42. The van der Waals surface area contributed by atoms with Crippen molar-refractivity contribution in [1.29, 1.82) is 0 Å². The van der Waals surface area contributed by atoms with Crippen LogP contribution in [0.1, 0.15) is 36.9 Å². The fraction of sp³-hybridized carbons (Fsp3) is 0.583. The van der Waals surface area contributed by atoms with Crippen LogP contribution in [0.3, 0.4) is 0 Å². The second kappa shape index (κ2) is 6.49. The summed E-state index contributed by atoms with van der Waals surface area (Å²) in [5.41, 5.74) is 6.35. The number of hydrogen-bond donors (Lipinski definition) is 3. The highest BCUT2D eigenvalue weighted by molar-refractivity contribution is 7.19. The van der Waals surface area contributed by atoms with Gasteiger partial charge in [-0.15, -0.1) is 11.3 Å². The van der Waals surface area contributed by atoms with Gasteiger partial charge in [-0.05, 0) is 20.3 Å². The van der Waals surface area contributed by atoms with Crippen LogP contribution in [0.5, 0.6) is 5.75 Å². The third-order valence-electron chi connectivity index (χ3n) is 2.27. The minimum Gasteiger partial charge on any atom is -0.492 e. The van der Waals surface area contributed by atoms with E-state index in [-0.39, 0.29) is 11.9 Å². The van der Waals surface area contributed by atoms with Crippen molar-refractivity contribution in [3.05, 3.63) is 4.88 Å². The summed E-state index contributed by atoms with van der Waals surface area (Å²) in [7, 11) is 1.55. The van der Waals surface area contributed by atoms with Gasteiger partial charge in [0.1, 0.15) is 15.6 Å². The van der Waals surface area contributed by atoms with Crippen molar-refractivity contribution in [2.24, 2.45) is 0 Å². The summed E-state index contributed by atoms with van der Waals surface area (Å²) in [6.07, 6.45) is 0.894. The maximum Gasteiger partial charge on any atom is 0.263 e. The molecule has 1 aromatic heterocycles. The zero-order valence-corrected chi connectivity index (χ0v) is 12.1. The maximum absolute atomic E-state index is 11.9. The Labute approximate surface area is 112 Å². The van der Waals surface area contributed by atoms with Gasteiger partial charge >= 0.3 is 0 Å². The van der Waals surface area contributed by atoms with E-state index in [1.54, 1.807) is 7.11 Å². The van der Waals surface area contributed by atoms with Crippen molar-refractivity contribution in [2.45, 2.75) is 33.2 Å². The van der Waals surface area contributed by atoms with Crippen LogP contribution in [0.2, 0.25) is 0 Å². The molecule has 1 heterocycles. The first-order valence-electron chi connectivity index (χ1n) is 6.02. The molecule has 0 aliphatic heterocycles. The first kappa shape index (κ1) is 14.6. The average Bonchev–Trinajstić information content (AvgIpc) is 2.61. The van der Waals surface area contributed by atoms with E-state index in [1.807, 2.05) is 20.8 Å². The molecule has 0 aliphatic rings. The van der Waals surface area contributed by atoms with Gasteiger partial charge < -0.3 is 21.1 Å². The lowest BCUT2D eigenvalue weighted by Crippen LogP contribution is -2.23. The summed E-state index contributed by atoms with van der Waals surface area (Å²) in [6, 6.07) is 0.253. The molecule has 0 radical (unpaired) electrons. The molecule has 1 amide bonds. The largest absolute Gasteiger partial charge is 0.492 e. The Kier molecular flexibility index (Phi) is 5.27. The van der Waals surface area contributed by atoms with Crippen molar-refractivity contribution in [1.82, 2.24) is 5.32 Å². The van der Waals surface area contributed by atoms with Crippen LogP contribution in [-0.4, -0.2) is 25.6 Å². The third-order valence-corrected chi connectivity index (χ3v) is 3.38. The molecule has 0 bridgehead atoms. The minimum atomic E-state index is -0.144. The van der Waals surface area contributed by atoms with E-state index in [9.17, 15) is 4.79 Å². The fourth-order valence-corrected chi connectivity index (χ4v) is 2.63. The van der Waals surface area contributed by atoms with Gasteiger partial charge in [-0.3, -0.25) is 4.79 Å². The normalized spacial score (nSPS) is 10.5. The zero-order valence-electron chi connectivity index (χ0n) is 11.3. The van der Waals surface area contributed by atoms with Gasteiger partial charge in [-0.25, -0.2) is 0 Å². The molecule has 0 saturated heterocycles. The minimum absolute atomic E-state index is 0.144. The van der Waals surface area contributed by atoms with Crippen molar-refractivity contribution < 1.29 is 9.53 Å². The Balaban J connectivity index is 2.99. The van der Waals surface area contributed by atoms with E-state index in [2.05, 4.69) is 10.6 Å². The Morgan fingerprint density at radius 2 is 2.17 bits per heavy atom. The molecule has 102 valence electrons. The maximum atomic E-state index is 11.9. The summed E-state index contributed by atoms with van der Waals surface area (Å²) in [6.45, 7) is 6.69. The van der Waals surface area contributed by atoms with Gasteiger partial charge in [0.05, 0.1) is 7.11 Å².